The third kappa shape index (κ3) is 6.44. The van der Waals surface area contributed by atoms with Crippen molar-refractivity contribution >= 4 is 0 Å². The average molecular weight is 297 g/mol. The highest BCUT2D eigenvalue weighted by molar-refractivity contribution is 5.43. The van der Waals surface area contributed by atoms with E-state index >= 15 is 0 Å². The van der Waals surface area contributed by atoms with Crippen LogP contribution in [-0.2, 0) is 16.0 Å². The van der Waals surface area contributed by atoms with Crippen molar-refractivity contribution in [2.45, 2.75) is 26.5 Å². The fourth-order valence-corrected chi connectivity index (χ4v) is 2.20. The minimum absolute atomic E-state index is 0.237. The molecule has 1 aromatic rings. The van der Waals surface area contributed by atoms with Crippen LogP contribution in [0.4, 0.5) is 0 Å². The van der Waals surface area contributed by atoms with Crippen LogP contribution in [0, 0.1) is 13.8 Å². The molecule has 2 N–H and O–H groups in total. The molecule has 21 heavy (non-hydrogen) atoms. The molecule has 5 heteroatoms. The van der Waals surface area contributed by atoms with Crippen molar-refractivity contribution in [1.82, 2.24) is 5.32 Å². The average Bonchev–Trinajstić information content (AvgIpc) is 2.43. The highest BCUT2D eigenvalue weighted by Gasteiger charge is 2.10. The Labute approximate surface area is 127 Å². The zero-order valence-electron chi connectivity index (χ0n) is 13.4. The van der Waals surface area contributed by atoms with Crippen LogP contribution in [-0.4, -0.2) is 51.8 Å². The first-order chi connectivity index (χ1) is 10.1. The first-order valence-corrected chi connectivity index (χ1v) is 7.18. The largest absolute Gasteiger partial charge is 0.490 e. The Morgan fingerprint density at radius 1 is 1.10 bits per heavy atom. The Morgan fingerprint density at radius 2 is 1.76 bits per heavy atom. The fraction of sp³-hybridized carbons (Fsp3) is 0.625. The topological polar surface area (TPSA) is 60.0 Å². The lowest BCUT2D eigenvalue weighted by Gasteiger charge is -2.16. The summed E-state index contributed by atoms with van der Waals surface area (Å²) in [5.41, 5.74) is 3.36. The molecule has 0 amide bonds. The van der Waals surface area contributed by atoms with Gasteiger partial charge >= 0.3 is 0 Å². The number of aliphatic hydroxyl groups excluding tert-OH is 1. The van der Waals surface area contributed by atoms with E-state index in [0.29, 0.717) is 6.61 Å². The Hall–Kier alpha value is -1.14. The molecule has 0 aliphatic rings. The number of methoxy groups -OCH3 is 2. The number of aryl methyl sites for hydroxylation is 2. The van der Waals surface area contributed by atoms with Gasteiger partial charge in [0, 0.05) is 27.3 Å². The lowest BCUT2D eigenvalue weighted by molar-refractivity contribution is 0.0322. The van der Waals surface area contributed by atoms with Crippen molar-refractivity contribution in [1.29, 1.82) is 0 Å². The summed E-state index contributed by atoms with van der Waals surface area (Å²) < 4.78 is 15.6. The van der Waals surface area contributed by atoms with Gasteiger partial charge < -0.3 is 24.6 Å². The van der Waals surface area contributed by atoms with Crippen molar-refractivity contribution in [2.24, 2.45) is 0 Å². The van der Waals surface area contributed by atoms with E-state index in [1.165, 1.54) is 5.56 Å². The minimum Gasteiger partial charge on any atom is -0.490 e. The molecule has 0 radical (unpaired) electrons. The molecule has 0 aromatic heterocycles. The van der Waals surface area contributed by atoms with Crippen LogP contribution in [0.2, 0.25) is 0 Å². The summed E-state index contributed by atoms with van der Waals surface area (Å²) in [4.78, 5) is 0. The second kappa shape index (κ2) is 9.73. The maximum atomic E-state index is 9.64. The molecule has 120 valence electrons. The number of rotatable bonds is 10. The number of nitrogens with one attached hydrogen (secondary N) is 1. The smallest absolute Gasteiger partial charge is 0.125 e. The lowest BCUT2D eigenvalue weighted by Crippen LogP contribution is -2.23. The summed E-state index contributed by atoms with van der Waals surface area (Å²) in [6.07, 6.45) is -0.607. The summed E-state index contributed by atoms with van der Waals surface area (Å²) in [6, 6.07) is 4.20. The van der Waals surface area contributed by atoms with Crippen LogP contribution in [0.1, 0.15) is 16.7 Å². The maximum absolute atomic E-state index is 9.64. The van der Waals surface area contributed by atoms with E-state index < -0.39 is 6.10 Å². The maximum Gasteiger partial charge on any atom is 0.125 e. The number of hydrogen-bond donors (Lipinski definition) is 2. The molecule has 1 unspecified atom stereocenters. The molecule has 0 aliphatic carbocycles. The highest BCUT2D eigenvalue weighted by Crippen LogP contribution is 2.25. The summed E-state index contributed by atoms with van der Waals surface area (Å²) in [7, 11) is 3.26. The van der Waals surface area contributed by atoms with Crippen molar-refractivity contribution < 1.29 is 19.3 Å². The van der Waals surface area contributed by atoms with E-state index in [9.17, 15) is 5.11 Å². The van der Waals surface area contributed by atoms with Gasteiger partial charge in [-0.2, -0.15) is 0 Å². The van der Waals surface area contributed by atoms with Crippen molar-refractivity contribution in [3.63, 3.8) is 0 Å². The number of hydrogen-bond acceptors (Lipinski definition) is 5. The van der Waals surface area contributed by atoms with E-state index in [1.807, 2.05) is 13.8 Å². The monoisotopic (exact) mass is 297 g/mol. The quantitative estimate of drug-likeness (QED) is 0.640. The fourth-order valence-electron chi connectivity index (χ4n) is 2.20. The molecule has 0 spiro atoms. The van der Waals surface area contributed by atoms with E-state index in [2.05, 4.69) is 17.4 Å². The Kier molecular flexibility index (Phi) is 8.30. The van der Waals surface area contributed by atoms with Crippen LogP contribution in [0.15, 0.2) is 12.1 Å². The van der Waals surface area contributed by atoms with Gasteiger partial charge in [0.25, 0.3) is 0 Å². The van der Waals surface area contributed by atoms with E-state index in [4.69, 9.17) is 14.2 Å². The van der Waals surface area contributed by atoms with E-state index in [0.717, 1.165) is 30.0 Å². The van der Waals surface area contributed by atoms with Crippen LogP contribution in [0.3, 0.4) is 0 Å². The zero-order valence-corrected chi connectivity index (χ0v) is 13.4. The molecular weight excluding hydrogens is 270 g/mol. The third-order valence-corrected chi connectivity index (χ3v) is 3.11. The van der Waals surface area contributed by atoms with Crippen molar-refractivity contribution in [3.05, 3.63) is 28.8 Å². The summed E-state index contributed by atoms with van der Waals surface area (Å²) in [5.74, 6) is 0.839. The van der Waals surface area contributed by atoms with E-state index in [1.54, 1.807) is 14.2 Å². The van der Waals surface area contributed by atoms with Gasteiger partial charge in [0.2, 0.25) is 0 Å². The standard InChI is InChI=1S/C16H27NO4/c1-12-7-14(9-17-5-6-19-3)8-13(2)16(12)21-11-15(18)10-20-4/h7-8,15,17-18H,5-6,9-11H2,1-4H3. The second-order valence-electron chi connectivity index (χ2n) is 5.15. The third-order valence-electron chi connectivity index (χ3n) is 3.11. The van der Waals surface area contributed by atoms with Gasteiger partial charge in [-0.3, -0.25) is 0 Å². The second-order valence-corrected chi connectivity index (χ2v) is 5.15. The van der Waals surface area contributed by atoms with Gasteiger partial charge in [-0.1, -0.05) is 12.1 Å². The number of aliphatic hydroxyl groups is 1. The molecule has 1 atom stereocenters. The molecule has 0 bridgehead atoms. The Balaban J connectivity index is 2.58. The SMILES string of the molecule is COCCNCc1cc(C)c(OCC(O)COC)c(C)c1. The van der Waals surface area contributed by atoms with Gasteiger partial charge in [0.05, 0.1) is 13.2 Å². The summed E-state index contributed by atoms with van der Waals surface area (Å²) in [5, 5.41) is 13.0. The van der Waals surface area contributed by atoms with Gasteiger partial charge in [0.15, 0.2) is 0 Å². The van der Waals surface area contributed by atoms with Crippen LogP contribution < -0.4 is 10.1 Å². The molecule has 0 heterocycles. The molecule has 0 saturated heterocycles. The Bertz CT molecular complexity index is 400. The first-order valence-electron chi connectivity index (χ1n) is 7.18. The first kappa shape index (κ1) is 17.9. The van der Waals surface area contributed by atoms with Crippen LogP contribution in [0.5, 0.6) is 5.75 Å². The van der Waals surface area contributed by atoms with Gasteiger partial charge in [-0.25, -0.2) is 0 Å². The molecule has 1 rings (SSSR count). The molecule has 0 saturated carbocycles. The Morgan fingerprint density at radius 3 is 2.33 bits per heavy atom. The van der Waals surface area contributed by atoms with E-state index in [-0.39, 0.29) is 13.2 Å². The molecule has 5 nitrogen and oxygen atoms in total. The minimum atomic E-state index is -0.607. The predicted octanol–water partition coefficient (Wildman–Crippen LogP) is 1.43. The van der Waals surface area contributed by atoms with Gasteiger partial charge in [-0.15, -0.1) is 0 Å². The number of benzene rings is 1. The molecular formula is C16H27NO4. The van der Waals surface area contributed by atoms with Gasteiger partial charge in [-0.05, 0) is 30.5 Å². The highest BCUT2D eigenvalue weighted by atomic mass is 16.5. The summed E-state index contributed by atoms with van der Waals surface area (Å²) >= 11 is 0. The normalized spacial score (nSPS) is 12.4. The molecule has 1 aromatic carbocycles. The lowest BCUT2D eigenvalue weighted by atomic mass is 10.1. The van der Waals surface area contributed by atoms with Crippen molar-refractivity contribution in [2.75, 3.05) is 40.6 Å². The zero-order chi connectivity index (χ0) is 15.7. The number of ether oxygens (including phenoxy) is 3. The molecule has 0 aliphatic heterocycles. The predicted molar refractivity (Wildman–Crippen MR) is 82.9 cm³/mol. The molecule has 0 fully saturated rings. The van der Waals surface area contributed by atoms with Crippen LogP contribution in [0.25, 0.3) is 0 Å². The van der Waals surface area contributed by atoms with Crippen molar-refractivity contribution in [3.8, 4) is 5.75 Å². The summed E-state index contributed by atoms with van der Waals surface area (Å²) in [6.45, 7) is 6.89. The van der Waals surface area contributed by atoms with Gasteiger partial charge in [0.1, 0.15) is 18.5 Å². The van der Waals surface area contributed by atoms with Crippen LogP contribution >= 0.6 is 0 Å².